The Balaban J connectivity index is 1.82. The molecule has 28 heavy (non-hydrogen) atoms. The first-order chi connectivity index (χ1) is 13.6. The first kappa shape index (κ1) is 19.3. The molecule has 0 saturated heterocycles. The minimum atomic E-state index is -0.640. The SMILES string of the molecule is CCc1ccc(NC(=O)[C@H](Cc2ccc(OC)c(OC)c2)c2nnn[n-]2)cc1. The molecule has 8 nitrogen and oxygen atoms in total. The molecule has 8 heteroatoms. The minimum absolute atomic E-state index is 0.228. The Bertz CT molecular complexity index is 910. The van der Waals surface area contributed by atoms with Crippen LogP contribution >= 0.6 is 0 Å². The summed E-state index contributed by atoms with van der Waals surface area (Å²) in [7, 11) is 3.15. The number of nitrogens with one attached hydrogen (secondary N) is 1. The highest BCUT2D eigenvalue weighted by molar-refractivity contribution is 5.95. The molecule has 0 bridgehead atoms. The van der Waals surface area contributed by atoms with Gasteiger partial charge in [0.05, 0.1) is 20.1 Å². The van der Waals surface area contributed by atoms with Crippen LogP contribution in [0.15, 0.2) is 42.5 Å². The second kappa shape index (κ2) is 8.98. The Morgan fingerprint density at radius 1 is 1.07 bits per heavy atom. The maximum Gasteiger partial charge on any atom is 0.232 e. The number of carbonyl (C=O) groups is 1. The molecular weight excluding hydrogens is 358 g/mol. The molecule has 0 fully saturated rings. The molecule has 0 radical (unpaired) electrons. The van der Waals surface area contributed by atoms with Gasteiger partial charge in [-0.05, 0) is 48.2 Å². The van der Waals surface area contributed by atoms with E-state index >= 15 is 0 Å². The van der Waals surface area contributed by atoms with Crippen LogP contribution in [0.3, 0.4) is 0 Å². The number of anilines is 1. The zero-order chi connectivity index (χ0) is 19.9. The number of aryl methyl sites for hydroxylation is 1. The van der Waals surface area contributed by atoms with Gasteiger partial charge in [-0.2, -0.15) is 5.21 Å². The van der Waals surface area contributed by atoms with Crippen LogP contribution in [0.1, 0.15) is 29.8 Å². The standard InChI is InChI=1S/C20H23N5O3/c1-4-13-5-8-15(9-6-13)21-20(26)16(19-22-24-25-23-19)11-14-7-10-17(27-2)18(12-14)28-3/h5-10,12,16H,4,11H2,1-3H3,(H2,21,22,23,24,25,26)/p-1/t16-/m1/s1. The Hall–Kier alpha value is -3.42. The van der Waals surface area contributed by atoms with Gasteiger partial charge < -0.3 is 19.9 Å². The Morgan fingerprint density at radius 3 is 2.39 bits per heavy atom. The fourth-order valence-electron chi connectivity index (χ4n) is 2.89. The van der Waals surface area contributed by atoms with Gasteiger partial charge in [-0.3, -0.25) is 15.1 Å². The molecule has 0 aliphatic heterocycles. The van der Waals surface area contributed by atoms with E-state index in [9.17, 15) is 4.79 Å². The lowest BCUT2D eigenvalue weighted by molar-refractivity contribution is -0.117. The number of benzene rings is 2. The third-order valence-corrected chi connectivity index (χ3v) is 4.48. The minimum Gasteiger partial charge on any atom is -0.493 e. The number of hydrogen-bond acceptors (Lipinski definition) is 6. The first-order valence-electron chi connectivity index (χ1n) is 8.94. The van der Waals surface area contributed by atoms with Gasteiger partial charge in [-0.15, -0.1) is 0 Å². The highest BCUT2D eigenvalue weighted by atomic mass is 16.5. The van der Waals surface area contributed by atoms with E-state index in [4.69, 9.17) is 9.47 Å². The quantitative estimate of drug-likeness (QED) is 0.640. The zero-order valence-electron chi connectivity index (χ0n) is 16.0. The lowest BCUT2D eigenvalue weighted by Gasteiger charge is -2.18. The van der Waals surface area contributed by atoms with E-state index < -0.39 is 5.92 Å². The summed E-state index contributed by atoms with van der Waals surface area (Å²) in [5.41, 5.74) is 2.79. The molecule has 0 unspecified atom stereocenters. The predicted octanol–water partition coefficient (Wildman–Crippen LogP) is 2.37. The molecule has 1 amide bonds. The van der Waals surface area contributed by atoms with E-state index in [0.29, 0.717) is 23.6 Å². The number of tetrazole rings is 1. The summed E-state index contributed by atoms with van der Waals surface area (Å²) in [6.07, 6.45) is 1.31. The summed E-state index contributed by atoms with van der Waals surface area (Å²) in [5.74, 6) is 0.621. The van der Waals surface area contributed by atoms with Gasteiger partial charge in [0, 0.05) is 11.5 Å². The third-order valence-electron chi connectivity index (χ3n) is 4.48. The normalized spacial score (nSPS) is 11.7. The lowest BCUT2D eigenvalue weighted by Crippen LogP contribution is -2.24. The summed E-state index contributed by atoms with van der Waals surface area (Å²) >= 11 is 0. The summed E-state index contributed by atoms with van der Waals surface area (Å²) < 4.78 is 10.6. The van der Waals surface area contributed by atoms with E-state index in [0.717, 1.165) is 12.0 Å². The maximum absolute atomic E-state index is 12.9. The topological polar surface area (TPSA) is 100 Å². The lowest BCUT2D eigenvalue weighted by atomic mass is 9.97. The molecule has 3 rings (SSSR count). The second-order valence-electron chi connectivity index (χ2n) is 6.22. The van der Waals surface area contributed by atoms with Crippen molar-refractivity contribution < 1.29 is 14.3 Å². The van der Waals surface area contributed by atoms with E-state index in [2.05, 4.69) is 32.9 Å². The average molecular weight is 380 g/mol. The smallest absolute Gasteiger partial charge is 0.232 e. The van der Waals surface area contributed by atoms with Gasteiger partial charge in [0.15, 0.2) is 11.5 Å². The van der Waals surface area contributed by atoms with Crippen LogP contribution in [0.2, 0.25) is 0 Å². The van der Waals surface area contributed by atoms with Crippen LogP contribution in [0.5, 0.6) is 11.5 Å². The summed E-state index contributed by atoms with van der Waals surface area (Å²) in [6.45, 7) is 2.08. The van der Waals surface area contributed by atoms with Crippen molar-refractivity contribution in [2.24, 2.45) is 0 Å². The highest BCUT2D eigenvalue weighted by Gasteiger charge is 2.22. The van der Waals surface area contributed by atoms with Gasteiger partial charge >= 0.3 is 0 Å². The molecule has 3 aromatic rings. The van der Waals surface area contributed by atoms with E-state index in [-0.39, 0.29) is 11.7 Å². The van der Waals surface area contributed by atoms with Crippen LogP contribution < -0.4 is 19.9 Å². The second-order valence-corrected chi connectivity index (χ2v) is 6.22. The van der Waals surface area contributed by atoms with Gasteiger partial charge in [-0.25, -0.2) is 0 Å². The van der Waals surface area contributed by atoms with E-state index in [1.165, 1.54) is 5.56 Å². The number of ether oxygens (including phenoxy) is 2. The fourth-order valence-corrected chi connectivity index (χ4v) is 2.89. The maximum atomic E-state index is 12.9. The van der Waals surface area contributed by atoms with Gasteiger partial charge in [-0.1, -0.05) is 25.1 Å². The Morgan fingerprint density at radius 2 is 1.79 bits per heavy atom. The fraction of sp³-hybridized carbons (Fsp3) is 0.300. The third kappa shape index (κ3) is 4.46. The molecule has 1 N–H and O–H groups in total. The Kier molecular flexibility index (Phi) is 6.21. The van der Waals surface area contributed by atoms with Crippen molar-refractivity contribution in [3.63, 3.8) is 0 Å². The number of carbonyl (C=O) groups excluding carboxylic acids is 1. The largest absolute Gasteiger partial charge is 0.493 e. The van der Waals surface area contributed by atoms with E-state index in [1.807, 2.05) is 36.4 Å². The molecule has 146 valence electrons. The van der Waals surface area contributed by atoms with Crippen LogP contribution in [0.25, 0.3) is 0 Å². The summed E-state index contributed by atoms with van der Waals surface area (Å²) in [5, 5.41) is 17.7. The first-order valence-corrected chi connectivity index (χ1v) is 8.94. The average Bonchev–Trinajstić information content (AvgIpc) is 3.26. The molecule has 0 spiro atoms. The van der Waals surface area contributed by atoms with E-state index in [1.54, 1.807) is 20.3 Å². The molecule has 1 aromatic heterocycles. The highest BCUT2D eigenvalue weighted by Crippen LogP contribution is 2.30. The summed E-state index contributed by atoms with van der Waals surface area (Å²) in [4.78, 5) is 12.9. The summed E-state index contributed by atoms with van der Waals surface area (Å²) in [6, 6.07) is 13.2. The molecule has 2 aromatic carbocycles. The number of aromatic nitrogens is 4. The van der Waals surface area contributed by atoms with Crippen molar-refractivity contribution in [1.29, 1.82) is 0 Å². The van der Waals surface area contributed by atoms with Crippen LogP contribution in [-0.2, 0) is 17.6 Å². The number of methoxy groups -OCH3 is 2. The van der Waals surface area contributed by atoms with Gasteiger partial charge in [0.25, 0.3) is 0 Å². The molecule has 0 aliphatic rings. The van der Waals surface area contributed by atoms with Crippen molar-refractivity contribution in [2.75, 3.05) is 19.5 Å². The Labute approximate surface area is 163 Å². The molecule has 0 aliphatic carbocycles. The van der Waals surface area contributed by atoms with Crippen LogP contribution in [-0.4, -0.2) is 35.7 Å². The van der Waals surface area contributed by atoms with Gasteiger partial charge in [0.1, 0.15) is 0 Å². The number of hydrogen-bond donors (Lipinski definition) is 1. The number of rotatable bonds is 8. The van der Waals surface area contributed by atoms with Crippen molar-refractivity contribution in [3.05, 3.63) is 59.4 Å². The number of nitrogens with zero attached hydrogens (tertiary/aromatic N) is 4. The molecule has 0 saturated carbocycles. The predicted molar refractivity (Wildman–Crippen MR) is 104 cm³/mol. The van der Waals surface area contributed by atoms with Crippen molar-refractivity contribution in [2.45, 2.75) is 25.7 Å². The van der Waals surface area contributed by atoms with Crippen LogP contribution in [0, 0.1) is 0 Å². The van der Waals surface area contributed by atoms with Crippen LogP contribution in [0.4, 0.5) is 5.69 Å². The monoisotopic (exact) mass is 380 g/mol. The number of amides is 1. The molecular formula is C20H22N5O3-. The molecule has 1 atom stereocenters. The van der Waals surface area contributed by atoms with Crippen molar-refractivity contribution in [3.8, 4) is 11.5 Å². The zero-order valence-corrected chi connectivity index (χ0v) is 16.0. The van der Waals surface area contributed by atoms with Gasteiger partial charge in [0.2, 0.25) is 5.91 Å². The van der Waals surface area contributed by atoms with Crippen molar-refractivity contribution >= 4 is 11.6 Å². The van der Waals surface area contributed by atoms with Crippen molar-refractivity contribution in [1.82, 2.24) is 20.6 Å². The molecule has 1 heterocycles.